The van der Waals surface area contributed by atoms with Crippen molar-refractivity contribution >= 4 is 19.4 Å². The number of phosphoric acid groups is 1. The summed E-state index contributed by atoms with van der Waals surface area (Å²) in [5, 5.41) is 0. The summed E-state index contributed by atoms with van der Waals surface area (Å²) in [5.74, 6) is 0. The molecule has 2 atom stereocenters. The Bertz CT molecular complexity index is 136. The zero-order chi connectivity index (χ0) is 6.20. The monoisotopic (exact) mass is 158 g/mol. The molecular weight excluding hydrogens is 154 g/mol. The molecule has 0 radical (unpaired) electrons. The predicted molar refractivity (Wildman–Crippen MR) is 26.5 cm³/mol. The molecule has 1 aliphatic heterocycles. The topological polar surface area (TPSA) is 55.8 Å². The number of halogens is 1. The standard InChI is InChI=1S/C2H4ClO4P/c3-2-1-6-8(4,5)7-2/h2H,1H2,(H,4,5). The SMILES string of the molecule is O=P1(O)OCC(Cl)O1. The Balaban J connectivity index is 2.57. The minimum Gasteiger partial charge on any atom is -0.302 e. The van der Waals surface area contributed by atoms with Crippen LogP contribution in [0.5, 0.6) is 0 Å². The van der Waals surface area contributed by atoms with Crippen LogP contribution in [-0.4, -0.2) is 17.1 Å². The van der Waals surface area contributed by atoms with Crippen molar-refractivity contribution in [3.05, 3.63) is 0 Å². The van der Waals surface area contributed by atoms with Crippen molar-refractivity contribution in [2.45, 2.75) is 5.56 Å². The van der Waals surface area contributed by atoms with Crippen LogP contribution in [0, 0.1) is 0 Å². The maximum absolute atomic E-state index is 10.3. The lowest BCUT2D eigenvalue weighted by molar-refractivity contribution is 0.256. The van der Waals surface area contributed by atoms with Crippen molar-refractivity contribution in [2.75, 3.05) is 6.61 Å². The number of rotatable bonds is 0. The first-order valence-corrected chi connectivity index (χ1v) is 3.83. The van der Waals surface area contributed by atoms with Gasteiger partial charge in [0.25, 0.3) is 0 Å². The lowest BCUT2D eigenvalue weighted by Gasteiger charge is -1.96. The van der Waals surface area contributed by atoms with E-state index in [1.54, 1.807) is 0 Å². The van der Waals surface area contributed by atoms with Gasteiger partial charge in [-0.05, 0) is 0 Å². The van der Waals surface area contributed by atoms with Crippen LogP contribution in [-0.2, 0) is 13.6 Å². The third-order valence-corrected chi connectivity index (χ3v) is 1.95. The molecule has 1 saturated heterocycles. The van der Waals surface area contributed by atoms with E-state index in [-0.39, 0.29) is 6.61 Å². The average molecular weight is 158 g/mol. The van der Waals surface area contributed by atoms with E-state index in [9.17, 15) is 4.57 Å². The van der Waals surface area contributed by atoms with Gasteiger partial charge in [0.2, 0.25) is 0 Å². The van der Waals surface area contributed by atoms with E-state index in [4.69, 9.17) is 16.5 Å². The fourth-order valence-corrected chi connectivity index (χ4v) is 1.55. The first-order chi connectivity index (χ1) is 3.60. The summed E-state index contributed by atoms with van der Waals surface area (Å²) in [7, 11) is -3.73. The zero-order valence-corrected chi connectivity index (χ0v) is 5.43. The zero-order valence-electron chi connectivity index (χ0n) is 3.78. The molecule has 0 spiro atoms. The highest BCUT2D eigenvalue weighted by atomic mass is 35.5. The van der Waals surface area contributed by atoms with Crippen LogP contribution >= 0.6 is 19.4 Å². The highest BCUT2D eigenvalue weighted by Gasteiger charge is 2.33. The van der Waals surface area contributed by atoms with E-state index >= 15 is 0 Å². The maximum Gasteiger partial charge on any atom is 0.473 e. The molecule has 0 bridgehead atoms. The molecule has 1 N–H and O–H groups in total. The molecule has 1 aliphatic rings. The van der Waals surface area contributed by atoms with Gasteiger partial charge in [-0.1, -0.05) is 11.6 Å². The summed E-state index contributed by atoms with van der Waals surface area (Å²) in [6.45, 7) is -0.0185. The Hall–Kier alpha value is 0.400. The molecule has 1 fully saturated rings. The lowest BCUT2D eigenvalue weighted by Crippen LogP contribution is -1.95. The van der Waals surface area contributed by atoms with Crippen molar-refractivity contribution in [3.8, 4) is 0 Å². The van der Waals surface area contributed by atoms with Gasteiger partial charge in [0.05, 0.1) is 6.61 Å². The quantitative estimate of drug-likeness (QED) is 0.416. The minimum atomic E-state index is -3.73. The van der Waals surface area contributed by atoms with Crippen LogP contribution in [0.25, 0.3) is 0 Å². The number of phosphoric ester groups is 1. The Labute approximate surface area is 51.0 Å². The van der Waals surface area contributed by atoms with E-state index in [1.807, 2.05) is 0 Å². The summed E-state index contributed by atoms with van der Waals surface area (Å²) in [5.41, 5.74) is -0.772. The molecule has 0 amide bonds. The molecule has 8 heavy (non-hydrogen) atoms. The average Bonchev–Trinajstić information content (AvgIpc) is 1.82. The molecule has 1 rings (SSSR count). The van der Waals surface area contributed by atoms with Crippen molar-refractivity contribution in [2.24, 2.45) is 0 Å². The van der Waals surface area contributed by atoms with Crippen LogP contribution in [0.15, 0.2) is 0 Å². The van der Waals surface area contributed by atoms with Crippen molar-refractivity contribution in [1.29, 1.82) is 0 Å². The van der Waals surface area contributed by atoms with Gasteiger partial charge in [0.1, 0.15) is 0 Å². The third kappa shape index (κ3) is 1.44. The molecule has 0 aliphatic carbocycles. The van der Waals surface area contributed by atoms with Crippen LogP contribution in [0.3, 0.4) is 0 Å². The Morgan fingerprint density at radius 3 is 2.62 bits per heavy atom. The molecule has 6 heteroatoms. The van der Waals surface area contributed by atoms with Crippen LogP contribution in [0.4, 0.5) is 0 Å². The third-order valence-electron chi connectivity index (χ3n) is 0.616. The highest BCUT2D eigenvalue weighted by Crippen LogP contribution is 2.50. The van der Waals surface area contributed by atoms with E-state index in [1.165, 1.54) is 0 Å². The van der Waals surface area contributed by atoms with Gasteiger partial charge in [-0.15, -0.1) is 0 Å². The van der Waals surface area contributed by atoms with Gasteiger partial charge in [-0.2, -0.15) is 0 Å². The first-order valence-electron chi connectivity index (χ1n) is 1.90. The molecule has 0 saturated carbocycles. The van der Waals surface area contributed by atoms with Gasteiger partial charge in [0, 0.05) is 0 Å². The van der Waals surface area contributed by atoms with Crippen molar-refractivity contribution in [1.82, 2.24) is 0 Å². The van der Waals surface area contributed by atoms with E-state index in [0.29, 0.717) is 0 Å². The summed E-state index contributed by atoms with van der Waals surface area (Å²) >= 11 is 5.22. The fourth-order valence-electron chi connectivity index (χ4n) is 0.358. The fraction of sp³-hybridized carbons (Fsp3) is 1.00. The van der Waals surface area contributed by atoms with E-state index < -0.39 is 13.4 Å². The van der Waals surface area contributed by atoms with E-state index in [0.717, 1.165) is 0 Å². The summed E-state index contributed by atoms with van der Waals surface area (Å²) in [6.07, 6.45) is 0. The number of hydrogen-bond acceptors (Lipinski definition) is 3. The van der Waals surface area contributed by atoms with Gasteiger partial charge in [-0.3, -0.25) is 9.05 Å². The van der Waals surface area contributed by atoms with Gasteiger partial charge in [-0.25, -0.2) is 4.57 Å². The molecule has 0 aromatic carbocycles. The summed E-state index contributed by atoms with van der Waals surface area (Å²) in [6, 6.07) is 0. The van der Waals surface area contributed by atoms with Crippen molar-refractivity contribution < 1.29 is 18.5 Å². The Kier molecular flexibility index (Phi) is 1.61. The highest BCUT2D eigenvalue weighted by molar-refractivity contribution is 7.47. The van der Waals surface area contributed by atoms with Gasteiger partial charge in [0.15, 0.2) is 5.56 Å². The molecule has 4 nitrogen and oxygen atoms in total. The second kappa shape index (κ2) is 1.97. The number of alkyl halides is 1. The summed E-state index contributed by atoms with van der Waals surface area (Å²) in [4.78, 5) is 8.39. The van der Waals surface area contributed by atoms with E-state index in [2.05, 4.69) is 9.05 Å². The molecular formula is C2H4ClO4P. The Morgan fingerprint density at radius 2 is 2.50 bits per heavy atom. The van der Waals surface area contributed by atoms with Crippen LogP contribution in [0.1, 0.15) is 0 Å². The summed E-state index contributed by atoms with van der Waals surface area (Å²) < 4.78 is 18.7. The van der Waals surface area contributed by atoms with Crippen LogP contribution < -0.4 is 0 Å². The Morgan fingerprint density at radius 1 is 1.88 bits per heavy atom. The molecule has 0 aromatic heterocycles. The lowest BCUT2D eigenvalue weighted by atomic mass is 10.8. The molecule has 0 aromatic rings. The number of hydrogen-bond donors (Lipinski definition) is 1. The smallest absolute Gasteiger partial charge is 0.302 e. The first kappa shape index (κ1) is 6.52. The second-order valence-corrected chi connectivity index (χ2v) is 3.17. The predicted octanol–water partition coefficient (Wildman–Crippen LogP) is 0.698. The molecule has 2 unspecified atom stereocenters. The normalized spacial score (nSPS) is 47.5. The van der Waals surface area contributed by atoms with Crippen molar-refractivity contribution in [3.63, 3.8) is 0 Å². The maximum atomic E-state index is 10.3. The largest absolute Gasteiger partial charge is 0.473 e. The van der Waals surface area contributed by atoms with Gasteiger partial charge >= 0.3 is 7.82 Å². The van der Waals surface area contributed by atoms with Gasteiger partial charge < -0.3 is 4.89 Å². The second-order valence-electron chi connectivity index (χ2n) is 1.28. The molecule has 48 valence electrons. The molecule has 1 heterocycles. The minimum absolute atomic E-state index is 0.0185. The van der Waals surface area contributed by atoms with Crippen LogP contribution in [0.2, 0.25) is 0 Å².